The number of hydrogen-bond donors (Lipinski definition) is 1. The van der Waals surface area contributed by atoms with Gasteiger partial charge in [-0.2, -0.15) is 0 Å². The second-order valence-electron chi connectivity index (χ2n) is 5.43. The van der Waals surface area contributed by atoms with Crippen LogP contribution in [-0.4, -0.2) is 59.0 Å². The minimum absolute atomic E-state index is 0.00192. The predicted molar refractivity (Wildman–Crippen MR) is 75.5 cm³/mol. The van der Waals surface area contributed by atoms with Crippen molar-refractivity contribution < 1.29 is 14.3 Å². The topological polar surface area (TPSA) is 84.4 Å². The lowest BCUT2D eigenvalue weighted by molar-refractivity contribution is -0.149. The summed E-state index contributed by atoms with van der Waals surface area (Å²) in [7, 11) is 0. The fourth-order valence-electron chi connectivity index (χ4n) is 2.14. The maximum absolute atomic E-state index is 11.9. The van der Waals surface area contributed by atoms with E-state index >= 15 is 0 Å². The van der Waals surface area contributed by atoms with Crippen molar-refractivity contribution in [3.8, 4) is 0 Å². The number of hydrogen-bond acceptors (Lipinski definition) is 5. The maximum Gasteiger partial charge on any atom is 0.270 e. The Morgan fingerprint density at radius 3 is 3.05 bits per heavy atom. The summed E-state index contributed by atoms with van der Waals surface area (Å²) in [4.78, 5) is 33.0. The van der Waals surface area contributed by atoms with Crippen LogP contribution >= 0.6 is 0 Å². The molecule has 1 aliphatic rings. The molecule has 2 amide bonds. The smallest absolute Gasteiger partial charge is 0.270 e. The summed E-state index contributed by atoms with van der Waals surface area (Å²) in [6.07, 6.45) is 2.66. The van der Waals surface area contributed by atoms with Gasteiger partial charge in [-0.25, -0.2) is 9.97 Å². The molecule has 1 aromatic heterocycles. The van der Waals surface area contributed by atoms with E-state index in [9.17, 15) is 9.59 Å². The second kappa shape index (κ2) is 7.12. The van der Waals surface area contributed by atoms with Gasteiger partial charge in [-0.3, -0.25) is 9.59 Å². The average molecular weight is 292 g/mol. The first kappa shape index (κ1) is 15.4. The van der Waals surface area contributed by atoms with Crippen LogP contribution in [0.1, 0.15) is 24.3 Å². The van der Waals surface area contributed by atoms with E-state index in [0.29, 0.717) is 31.2 Å². The molecule has 1 aliphatic heterocycles. The lowest BCUT2D eigenvalue weighted by atomic mass is 10.1. The first-order valence-corrected chi connectivity index (χ1v) is 7.00. The van der Waals surface area contributed by atoms with Gasteiger partial charge in [0.05, 0.1) is 6.10 Å². The van der Waals surface area contributed by atoms with Crippen molar-refractivity contribution in [1.29, 1.82) is 0 Å². The zero-order chi connectivity index (χ0) is 15.2. The lowest BCUT2D eigenvalue weighted by Crippen LogP contribution is -2.51. The largest absolute Gasteiger partial charge is 0.365 e. The SMILES string of the molecule is CC(C)CN1CC(CNC(=O)c2ccncn2)OCC1=O. The normalized spacial score (nSPS) is 18.9. The van der Waals surface area contributed by atoms with Gasteiger partial charge >= 0.3 is 0 Å². The minimum Gasteiger partial charge on any atom is -0.365 e. The van der Waals surface area contributed by atoms with Crippen LogP contribution in [0.15, 0.2) is 18.6 Å². The third-order valence-corrected chi connectivity index (χ3v) is 3.11. The van der Waals surface area contributed by atoms with Gasteiger partial charge in [0.2, 0.25) is 5.91 Å². The number of carbonyl (C=O) groups is 2. The van der Waals surface area contributed by atoms with Crippen LogP contribution in [0.5, 0.6) is 0 Å². The Hall–Kier alpha value is -2.02. The van der Waals surface area contributed by atoms with Crippen LogP contribution in [0.4, 0.5) is 0 Å². The van der Waals surface area contributed by atoms with Crippen molar-refractivity contribution in [2.45, 2.75) is 20.0 Å². The second-order valence-corrected chi connectivity index (χ2v) is 5.43. The Kier molecular flexibility index (Phi) is 5.21. The highest BCUT2D eigenvalue weighted by Gasteiger charge is 2.26. The van der Waals surface area contributed by atoms with Crippen molar-refractivity contribution >= 4 is 11.8 Å². The van der Waals surface area contributed by atoms with Crippen LogP contribution in [0.25, 0.3) is 0 Å². The van der Waals surface area contributed by atoms with Gasteiger partial charge < -0.3 is 15.0 Å². The predicted octanol–water partition coefficient (Wildman–Crippen LogP) is 0.0898. The van der Waals surface area contributed by atoms with Gasteiger partial charge in [-0.05, 0) is 12.0 Å². The number of amides is 2. The van der Waals surface area contributed by atoms with E-state index in [0.717, 1.165) is 0 Å². The molecular weight excluding hydrogens is 272 g/mol. The molecule has 21 heavy (non-hydrogen) atoms. The lowest BCUT2D eigenvalue weighted by Gasteiger charge is -2.33. The number of rotatable bonds is 5. The molecule has 1 N–H and O–H groups in total. The monoisotopic (exact) mass is 292 g/mol. The zero-order valence-electron chi connectivity index (χ0n) is 12.3. The number of ether oxygens (including phenoxy) is 1. The molecule has 1 unspecified atom stereocenters. The minimum atomic E-state index is -0.270. The van der Waals surface area contributed by atoms with E-state index < -0.39 is 0 Å². The van der Waals surface area contributed by atoms with Crippen molar-refractivity contribution in [2.75, 3.05) is 26.2 Å². The number of nitrogens with zero attached hydrogens (tertiary/aromatic N) is 3. The molecule has 0 aromatic carbocycles. The zero-order valence-corrected chi connectivity index (χ0v) is 12.3. The molecule has 7 nitrogen and oxygen atoms in total. The molecule has 2 heterocycles. The molecule has 0 aliphatic carbocycles. The fraction of sp³-hybridized carbons (Fsp3) is 0.571. The third kappa shape index (κ3) is 4.49. The molecule has 0 spiro atoms. The highest BCUT2D eigenvalue weighted by molar-refractivity contribution is 5.92. The van der Waals surface area contributed by atoms with Gasteiger partial charge in [0, 0.05) is 25.8 Å². The van der Waals surface area contributed by atoms with E-state index in [1.807, 2.05) is 0 Å². The van der Waals surface area contributed by atoms with Crippen LogP contribution in [0, 0.1) is 5.92 Å². The standard InChI is InChI=1S/C14H20N4O3/c1-10(2)6-18-7-11(21-8-13(18)19)5-16-14(20)12-3-4-15-9-17-12/h3-4,9-11H,5-8H2,1-2H3,(H,16,20). The Balaban J connectivity index is 1.83. The molecule has 1 atom stereocenters. The van der Waals surface area contributed by atoms with Gasteiger partial charge in [-0.1, -0.05) is 13.8 Å². The number of carbonyl (C=O) groups excluding carboxylic acids is 2. The molecule has 7 heteroatoms. The Bertz CT molecular complexity index is 492. The first-order valence-electron chi connectivity index (χ1n) is 7.00. The van der Waals surface area contributed by atoms with Crippen LogP contribution < -0.4 is 5.32 Å². The highest BCUT2D eigenvalue weighted by atomic mass is 16.5. The Morgan fingerprint density at radius 1 is 1.57 bits per heavy atom. The van der Waals surface area contributed by atoms with Gasteiger partial charge in [-0.15, -0.1) is 0 Å². The first-order chi connectivity index (χ1) is 10.1. The summed E-state index contributed by atoms with van der Waals surface area (Å²) >= 11 is 0. The van der Waals surface area contributed by atoms with Crippen molar-refractivity contribution in [3.63, 3.8) is 0 Å². The van der Waals surface area contributed by atoms with Crippen molar-refractivity contribution in [2.24, 2.45) is 5.92 Å². The van der Waals surface area contributed by atoms with Crippen molar-refractivity contribution in [3.05, 3.63) is 24.3 Å². The van der Waals surface area contributed by atoms with E-state index in [1.165, 1.54) is 12.5 Å². The van der Waals surface area contributed by atoms with E-state index in [4.69, 9.17) is 4.74 Å². The van der Waals surface area contributed by atoms with Gasteiger partial charge in [0.1, 0.15) is 18.6 Å². The highest BCUT2D eigenvalue weighted by Crippen LogP contribution is 2.09. The van der Waals surface area contributed by atoms with E-state index in [2.05, 4.69) is 29.1 Å². The molecule has 0 radical (unpaired) electrons. The third-order valence-electron chi connectivity index (χ3n) is 3.11. The summed E-state index contributed by atoms with van der Waals surface area (Å²) in [5, 5.41) is 2.77. The molecule has 1 aromatic rings. The van der Waals surface area contributed by atoms with E-state index in [-0.39, 0.29) is 24.5 Å². The number of nitrogens with one attached hydrogen (secondary N) is 1. The summed E-state index contributed by atoms with van der Waals surface area (Å²) in [6.45, 7) is 5.76. The maximum atomic E-state index is 11.9. The summed E-state index contributed by atoms with van der Waals surface area (Å²) in [6, 6.07) is 1.55. The number of aromatic nitrogens is 2. The Morgan fingerprint density at radius 2 is 2.38 bits per heavy atom. The fourth-order valence-corrected chi connectivity index (χ4v) is 2.14. The molecule has 114 valence electrons. The van der Waals surface area contributed by atoms with Gasteiger partial charge in [0.25, 0.3) is 5.91 Å². The summed E-state index contributed by atoms with van der Waals surface area (Å²) in [5.41, 5.74) is 0.316. The summed E-state index contributed by atoms with van der Waals surface area (Å²) < 4.78 is 5.45. The molecule has 1 fully saturated rings. The number of morpholine rings is 1. The van der Waals surface area contributed by atoms with Crippen molar-refractivity contribution in [1.82, 2.24) is 20.2 Å². The van der Waals surface area contributed by atoms with Crippen LogP contribution in [0.2, 0.25) is 0 Å². The molecule has 0 saturated carbocycles. The molecule has 0 bridgehead atoms. The Labute approximate surface area is 123 Å². The quantitative estimate of drug-likeness (QED) is 0.831. The summed E-state index contributed by atoms with van der Waals surface area (Å²) in [5.74, 6) is 0.138. The van der Waals surface area contributed by atoms with E-state index in [1.54, 1.807) is 11.0 Å². The molecule has 1 saturated heterocycles. The molecular formula is C14H20N4O3. The van der Waals surface area contributed by atoms with Gasteiger partial charge in [0.15, 0.2) is 0 Å². The van der Waals surface area contributed by atoms with Crippen LogP contribution in [0.3, 0.4) is 0 Å². The molecule has 2 rings (SSSR count). The van der Waals surface area contributed by atoms with Crippen LogP contribution in [-0.2, 0) is 9.53 Å². The average Bonchev–Trinajstić information content (AvgIpc) is 2.48.